The number of hydrogen-bond acceptors (Lipinski definition) is 11. The van der Waals surface area contributed by atoms with Crippen LogP contribution >= 0.6 is 0 Å². The zero-order chi connectivity index (χ0) is 41.0. The fourth-order valence-corrected chi connectivity index (χ4v) is 8.14. The monoisotopic (exact) mass is 795 g/mol. The molecule has 1 unspecified atom stereocenters. The van der Waals surface area contributed by atoms with Crippen LogP contribution < -0.4 is 15.0 Å². The second-order valence-corrected chi connectivity index (χ2v) is 14.8. The molecule has 0 spiro atoms. The maximum atomic E-state index is 13.3. The first-order valence-electron chi connectivity index (χ1n) is 19.8. The van der Waals surface area contributed by atoms with Crippen molar-refractivity contribution in [2.45, 2.75) is 31.7 Å². The summed E-state index contributed by atoms with van der Waals surface area (Å²) in [6.07, 6.45) is 9.14. The van der Waals surface area contributed by atoms with Crippen LogP contribution in [0.3, 0.4) is 0 Å². The molecule has 4 aromatic rings. The van der Waals surface area contributed by atoms with Crippen LogP contribution in [0.4, 0.5) is 5.69 Å². The minimum absolute atomic E-state index is 0.0840. The van der Waals surface area contributed by atoms with Gasteiger partial charge in [-0.3, -0.25) is 34.3 Å². The number of aromatic nitrogens is 2. The molecule has 1 aromatic heterocycles. The predicted molar refractivity (Wildman–Crippen MR) is 222 cm³/mol. The van der Waals surface area contributed by atoms with Crippen molar-refractivity contribution in [3.8, 4) is 22.6 Å². The highest BCUT2D eigenvalue weighted by Gasteiger charge is 2.44. The van der Waals surface area contributed by atoms with Gasteiger partial charge in [-0.25, -0.2) is 4.68 Å². The number of nitrogens with one attached hydrogen (secondary N) is 1. The van der Waals surface area contributed by atoms with E-state index in [1.165, 1.54) is 0 Å². The summed E-state index contributed by atoms with van der Waals surface area (Å²) in [5.41, 5.74) is 8.71. The number of aryl methyl sites for hydroxylation is 1. The number of oxime groups is 1. The molecule has 1 atom stereocenters. The van der Waals surface area contributed by atoms with E-state index in [1.54, 1.807) is 24.3 Å². The van der Waals surface area contributed by atoms with Crippen LogP contribution in [0.1, 0.15) is 56.8 Å². The van der Waals surface area contributed by atoms with E-state index in [2.05, 4.69) is 39.5 Å². The number of piperazine rings is 1. The minimum Gasteiger partial charge on any atom is -0.491 e. The van der Waals surface area contributed by atoms with Gasteiger partial charge in [-0.1, -0.05) is 54.7 Å². The number of carbonyl (C=O) groups is 4. The van der Waals surface area contributed by atoms with Gasteiger partial charge in [0.2, 0.25) is 11.8 Å². The lowest BCUT2D eigenvalue weighted by Crippen LogP contribution is -2.54. The maximum Gasteiger partial charge on any atom is 0.262 e. The number of amides is 4. The van der Waals surface area contributed by atoms with E-state index in [4.69, 9.17) is 14.6 Å². The molecule has 59 heavy (non-hydrogen) atoms. The Hall–Kier alpha value is -6.64. The van der Waals surface area contributed by atoms with E-state index in [9.17, 15) is 24.4 Å². The van der Waals surface area contributed by atoms with Crippen molar-refractivity contribution < 1.29 is 33.9 Å². The van der Waals surface area contributed by atoms with E-state index < -0.39 is 29.7 Å². The number of imide groups is 2. The van der Waals surface area contributed by atoms with Gasteiger partial charge in [0.05, 0.1) is 35.7 Å². The number of benzene rings is 3. The first-order valence-corrected chi connectivity index (χ1v) is 19.8. The van der Waals surface area contributed by atoms with E-state index in [0.717, 1.165) is 94.7 Å². The molecule has 0 bridgehead atoms. The third-order valence-corrected chi connectivity index (χ3v) is 11.3. The topological polar surface area (TPSA) is 159 Å². The van der Waals surface area contributed by atoms with Gasteiger partial charge >= 0.3 is 0 Å². The highest BCUT2D eigenvalue weighted by molar-refractivity contribution is 6.23. The molecule has 3 aliphatic heterocycles. The smallest absolute Gasteiger partial charge is 0.262 e. The fourth-order valence-electron chi connectivity index (χ4n) is 8.14. The van der Waals surface area contributed by atoms with Gasteiger partial charge in [0.1, 0.15) is 24.1 Å². The Morgan fingerprint density at radius 2 is 1.61 bits per heavy atom. The van der Waals surface area contributed by atoms with Crippen molar-refractivity contribution in [3.63, 3.8) is 0 Å². The SMILES string of the molecule is C=C/C=C(\C=C)c1nn(-c2ccc(OCCOCCN3CCN(c4ccc5c(c4)C(=O)N(C4CCC(=O)NC4=O)C5=O)CC3)cc2)cc1-c1ccc2c(c1)CC/C2=N\O. The quantitative estimate of drug-likeness (QED) is 0.0583. The molecule has 302 valence electrons. The molecule has 4 aliphatic rings. The molecule has 4 amide bonds. The molecule has 0 saturated carbocycles. The van der Waals surface area contributed by atoms with Crippen molar-refractivity contribution in [1.29, 1.82) is 0 Å². The maximum absolute atomic E-state index is 13.3. The number of anilines is 1. The fraction of sp³-hybridized carbons (Fsp3) is 0.289. The molecule has 8 rings (SSSR count). The van der Waals surface area contributed by atoms with Crippen LogP contribution in [0.25, 0.3) is 22.4 Å². The molecule has 4 heterocycles. The summed E-state index contributed by atoms with van der Waals surface area (Å²) in [6.45, 7) is 13.2. The third kappa shape index (κ3) is 7.96. The summed E-state index contributed by atoms with van der Waals surface area (Å²) in [7, 11) is 0. The zero-order valence-corrected chi connectivity index (χ0v) is 32.6. The van der Waals surface area contributed by atoms with Crippen LogP contribution in [0, 0.1) is 0 Å². The Labute approximate surface area is 341 Å². The van der Waals surface area contributed by atoms with E-state index in [-0.39, 0.29) is 24.0 Å². The van der Waals surface area contributed by atoms with Gasteiger partial charge in [0.15, 0.2) is 0 Å². The largest absolute Gasteiger partial charge is 0.491 e. The Bertz CT molecular complexity index is 2390. The zero-order valence-electron chi connectivity index (χ0n) is 32.6. The molecule has 2 saturated heterocycles. The van der Waals surface area contributed by atoms with Gasteiger partial charge in [-0.2, -0.15) is 5.10 Å². The number of carbonyl (C=O) groups excluding carboxylic acids is 4. The van der Waals surface area contributed by atoms with Crippen LogP contribution in [0.15, 0.2) is 103 Å². The second-order valence-electron chi connectivity index (χ2n) is 14.8. The van der Waals surface area contributed by atoms with Crippen LogP contribution in [-0.2, 0) is 20.7 Å². The number of hydrogen-bond donors (Lipinski definition) is 2. The highest BCUT2D eigenvalue weighted by atomic mass is 16.5. The summed E-state index contributed by atoms with van der Waals surface area (Å²) in [5, 5.41) is 20.0. The lowest BCUT2D eigenvalue weighted by Gasteiger charge is -2.36. The van der Waals surface area contributed by atoms with Crippen LogP contribution in [0.2, 0.25) is 0 Å². The van der Waals surface area contributed by atoms with E-state index >= 15 is 0 Å². The number of rotatable bonds is 14. The highest BCUT2D eigenvalue weighted by Crippen LogP contribution is 2.35. The Balaban J connectivity index is 0.795. The minimum atomic E-state index is -0.982. The molecule has 14 heteroatoms. The van der Waals surface area contributed by atoms with E-state index in [0.29, 0.717) is 32.0 Å². The molecule has 0 radical (unpaired) electrons. The lowest BCUT2D eigenvalue weighted by atomic mass is 9.98. The molecular weight excluding hydrogens is 751 g/mol. The normalized spacial score (nSPS) is 18.9. The van der Waals surface area contributed by atoms with Crippen molar-refractivity contribution in [2.75, 3.05) is 57.4 Å². The lowest BCUT2D eigenvalue weighted by molar-refractivity contribution is -0.136. The number of ether oxygens (including phenoxy) is 2. The third-order valence-electron chi connectivity index (χ3n) is 11.3. The molecule has 3 aromatic carbocycles. The average molecular weight is 796 g/mol. The Morgan fingerprint density at radius 3 is 2.36 bits per heavy atom. The number of piperidine rings is 1. The van der Waals surface area contributed by atoms with Crippen molar-refractivity contribution in [3.05, 3.63) is 126 Å². The van der Waals surface area contributed by atoms with Crippen molar-refractivity contribution in [2.24, 2.45) is 5.16 Å². The Morgan fingerprint density at radius 1 is 0.847 bits per heavy atom. The first kappa shape index (κ1) is 39.2. The summed E-state index contributed by atoms with van der Waals surface area (Å²) < 4.78 is 13.7. The van der Waals surface area contributed by atoms with Crippen LogP contribution in [0.5, 0.6) is 5.75 Å². The van der Waals surface area contributed by atoms with Gasteiger partial charge in [-0.05, 0) is 72.9 Å². The molecule has 1 aliphatic carbocycles. The summed E-state index contributed by atoms with van der Waals surface area (Å²) in [5.74, 6) is -1.30. The van der Waals surface area contributed by atoms with Gasteiger partial charge < -0.3 is 19.6 Å². The van der Waals surface area contributed by atoms with Gasteiger partial charge in [0.25, 0.3) is 11.8 Å². The van der Waals surface area contributed by atoms with Crippen LogP contribution in [-0.4, -0.2) is 113 Å². The summed E-state index contributed by atoms with van der Waals surface area (Å²) >= 11 is 0. The number of nitrogens with zero attached hydrogens (tertiary/aromatic N) is 6. The molecular formula is C45H45N7O7. The predicted octanol–water partition coefficient (Wildman–Crippen LogP) is 5.04. The first-order chi connectivity index (χ1) is 28.8. The number of fused-ring (bicyclic) bond motifs is 2. The van der Waals surface area contributed by atoms with Gasteiger partial charge in [0, 0.05) is 67.7 Å². The Kier molecular flexibility index (Phi) is 11.3. The molecule has 2 N–H and O–H groups in total. The summed E-state index contributed by atoms with van der Waals surface area (Å²) in [6, 6.07) is 18.2. The standard InChI is InChI=1S/C45H45N7O7/c1-3-5-29(4-2)42-38(31-6-13-35-30(26-31)7-15-39(35)48-57)28-51(47-42)32-8-11-34(12-9-32)59-25-24-58-23-22-49-18-20-50(21-19-49)33-10-14-36-37(27-33)45(56)52(44(36)55)40-16-17-41(53)46-43(40)54/h3-6,8-14,26-28,40,57H,1-2,7,15-25H2,(H,46,53,54)/b29-5+,48-39+. The molecule has 14 nitrogen and oxygen atoms in total. The average Bonchev–Trinajstić information content (AvgIpc) is 3.95. The number of allylic oxidation sites excluding steroid dienone is 4. The van der Waals surface area contributed by atoms with Crippen molar-refractivity contribution >= 4 is 40.6 Å². The van der Waals surface area contributed by atoms with Crippen molar-refractivity contribution in [1.82, 2.24) is 24.9 Å². The molecule has 2 fully saturated rings. The van der Waals surface area contributed by atoms with Gasteiger partial charge in [-0.15, -0.1) is 0 Å². The summed E-state index contributed by atoms with van der Waals surface area (Å²) in [4.78, 5) is 55.8. The second kappa shape index (κ2) is 17.1. The van der Waals surface area contributed by atoms with E-state index in [1.807, 2.05) is 59.4 Å².